The number of nitrogens with zero attached hydrogens (tertiary/aromatic N) is 2. The number of halogens is 1. The summed E-state index contributed by atoms with van der Waals surface area (Å²) in [6, 6.07) is 5.29. The molecule has 4 heterocycles. The van der Waals surface area contributed by atoms with Crippen molar-refractivity contribution in [3.63, 3.8) is 0 Å². The monoisotopic (exact) mass is 483 g/mol. The van der Waals surface area contributed by atoms with Gasteiger partial charge < -0.3 is 25.6 Å². The summed E-state index contributed by atoms with van der Waals surface area (Å²) in [6.45, 7) is 8.20. The van der Waals surface area contributed by atoms with E-state index in [0.29, 0.717) is 6.42 Å². The van der Waals surface area contributed by atoms with Crippen molar-refractivity contribution in [3.8, 4) is 0 Å². The summed E-state index contributed by atoms with van der Waals surface area (Å²) in [4.78, 5) is 34.9. The Hall–Kier alpha value is -3.07. The lowest BCUT2D eigenvalue weighted by atomic mass is 9.60. The van der Waals surface area contributed by atoms with Crippen LogP contribution in [0.4, 0.5) is 5.69 Å². The molecule has 0 radical (unpaired) electrons. The van der Waals surface area contributed by atoms with Gasteiger partial charge in [0.15, 0.2) is 11.5 Å². The van der Waals surface area contributed by atoms with Crippen molar-refractivity contribution in [1.82, 2.24) is 20.2 Å². The second kappa shape index (κ2) is 6.46. The predicted molar refractivity (Wildman–Crippen MR) is 119 cm³/mol. The predicted octanol–water partition coefficient (Wildman–Crippen LogP) is 3.03. The number of nitrogens with one attached hydrogen (secondary N) is 3. The molecule has 2 fully saturated rings. The summed E-state index contributed by atoms with van der Waals surface area (Å²) in [6.07, 6.45) is 4.63. The summed E-state index contributed by atoms with van der Waals surface area (Å²) in [5.74, 6) is -1.11. The molecule has 3 aliphatic rings. The highest BCUT2D eigenvalue weighted by molar-refractivity contribution is 9.10. The molecule has 2 saturated heterocycles. The molecule has 2 aromatic rings. The molecule has 9 heteroatoms. The number of fused-ring (bicyclic) bond motifs is 5. The highest BCUT2D eigenvalue weighted by Crippen LogP contribution is 2.60. The molecular formula is C22H22BrN5O3. The lowest BCUT2D eigenvalue weighted by Gasteiger charge is -2.43. The van der Waals surface area contributed by atoms with Gasteiger partial charge in [-0.15, -0.1) is 6.58 Å². The largest absolute Gasteiger partial charge is 0.504 e. The van der Waals surface area contributed by atoms with E-state index in [1.807, 2.05) is 24.3 Å². The third-order valence-electron chi connectivity index (χ3n) is 7.00. The number of aliphatic hydroxyl groups excluding tert-OH is 1. The zero-order valence-electron chi connectivity index (χ0n) is 17.1. The van der Waals surface area contributed by atoms with E-state index in [0.717, 1.165) is 15.7 Å². The third kappa shape index (κ3) is 2.49. The second-order valence-electron chi connectivity index (χ2n) is 8.74. The summed E-state index contributed by atoms with van der Waals surface area (Å²) in [5, 5.41) is 16.8. The molecule has 5 rings (SSSR count). The fourth-order valence-corrected chi connectivity index (χ4v) is 5.59. The first-order valence-electron chi connectivity index (χ1n) is 9.97. The Labute approximate surface area is 187 Å². The molecule has 0 bridgehead atoms. The van der Waals surface area contributed by atoms with Crippen LogP contribution in [0.3, 0.4) is 0 Å². The van der Waals surface area contributed by atoms with E-state index in [-0.39, 0.29) is 23.1 Å². The van der Waals surface area contributed by atoms with Crippen LogP contribution in [0, 0.1) is 5.41 Å². The Morgan fingerprint density at radius 2 is 2.19 bits per heavy atom. The maximum Gasteiger partial charge on any atom is 0.276 e. The number of rotatable bonds is 3. The molecule has 160 valence electrons. The first kappa shape index (κ1) is 19.9. The first-order valence-corrected chi connectivity index (χ1v) is 10.8. The van der Waals surface area contributed by atoms with Gasteiger partial charge in [-0.25, -0.2) is 4.98 Å². The number of piperazine rings is 1. The number of benzene rings is 1. The zero-order chi connectivity index (χ0) is 22.1. The van der Waals surface area contributed by atoms with Gasteiger partial charge in [-0.3, -0.25) is 9.59 Å². The Morgan fingerprint density at radius 3 is 2.87 bits per heavy atom. The molecule has 3 unspecified atom stereocenters. The van der Waals surface area contributed by atoms with Gasteiger partial charge in [-0.05, 0) is 35.6 Å². The number of allylic oxidation sites excluding steroid dienone is 1. The number of imidazole rings is 1. The Balaban J connectivity index is 1.68. The van der Waals surface area contributed by atoms with E-state index < -0.39 is 28.9 Å². The Kier molecular flexibility index (Phi) is 4.14. The van der Waals surface area contributed by atoms with Crippen LogP contribution in [-0.2, 0) is 15.0 Å². The number of aliphatic hydroxyl groups is 1. The van der Waals surface area contributed by atoms with Crippen LogP contribution < -0.4 is 10.6 Å². The standard InChI is InChI=1S/C22H22BrN5O3/c1-4-21(2,3)22-8-15-18(30)27-16(17(29)14-9-24-10-25-14)19(31)28(15)20(22)26-13-6-5-11(23)7-12(13)22/h4-7,9-10,15,20,26,29H,1,8H2,2-3H3,(H,24,25)(H,27,30). The van der Waals surface area contributed by atoms with Crippen molar-refractivity contribution < 1.29 is 14.7 Å². The molecule has 1 aromatic heterocycles. The maximum absolute atomic E-state index is 13.6. The van der Waals surface area contributed by atoms with Crippen molar-refractivity contribution >= 4 is 39.2 Å². The fourth-order valence-electron chi connectivity index (χ4n) is 5.23. The topological polar surface area (TPSA) is 110 Å². The quantitative estimate of drug-likeness (QED) is 0.304. The van der Waals surface area contributed by atoms with E-state index in [4.69, 9.17) is 0 Å². The number of aromatic nitrogens is 2. The van der Waals surface area contributed by atoms with Crippen LogP contribution in [-0.4, -0.2) is 44.0 Å². The summed E-state index contributed by atoms with van der Waals surface area (Å²) in [5.41, 5.74) is 1.04. The number of hydrogen-bond acceptors (Lipinski definition) is 5. The fraction of sp³-hybridized carbons (Fsp3) is 0.318. The maximum atomic E-state index is 13.6. The van der Waals surface area contributed by atoms with Gasteiger partial charge in [0.1, 0.15) is 17.9 Å². The van der Waals surface area contributed by atoms with Crippen molar-refractivity contribution in [1.29, 1.82) is 0 Å². The molecule has 3 aliphatic heterocycles. The average Bonchev–Trinajstić information content (AvgIpc) is 3.45. The highest BCUT2D eigenvalue weighted by Gasteiger charge is 2.67. The number of carbonyl (C=O) groups excluding carboxylic acids is 2. The Bertz CT molecular complexity index is 1160. The third-order valence-corrected chi connectivity index (χ3v) is 7.49. The number of H-pyrrole nitrogens is 1. The van der Waals surface area contributed by atoms with Crippen LogP contribution in [0.1, 0.15) is 31.5 Å². The average molecular weight is 484 g/mol. The molecule has 31 heavy (non-hydrogen) atoms. The number of hydrogen-bond donors (Lipinski definition) is 4. The van der Waals surface area contributed by atoms with Crippen molar-refractivity contribution in [2.24, 2.45) is 5.41 Å². The summed E-state index contributed by atoms with van der Waals surface area (Å²) in [7, 11) is 0. The number of anilines is 1. The van der Waals surface area contributed by atoms with Gasteiger partial charge in [0.25, 0.3) is 5.91 Å². The van der Waals surface area contributed by atoms with Gasteiger partial charge >= 0.3 is 0 Å². The summed E-state index contributed by atoms with van der Waals surface area (Å²) < 4.78 is 0.922. The number of carbonyl (C=O) groups is 2. The molecular weight excluding hydrogens is 462 g/mol. The minimum absolute atomic E-state index is 0.156. The molecule has 8 nitrogen and oxygen atoms in total. The second-order valence-corrected chi connectivity index (χ2v) is 9.66. The molecule has 3 atom stereocenters. The zero-order valence-corrected chi connectivity index (χ0v) is 18.7. The lowest BCUT2D eigenvalue weighted by molar-refractivity contribution is -0.141. The van der Waals surface area contributed by atoms with Crippen LogP contribution in [0.25, 0.3) is 5.76 Å². The van der Waals surface area contributed by atoms with Gasteiger partial charge in [0, 0.05) is 15.6 Å². The van der Waals surface area contributed by atoms with E-state index >= 15 is 0 Å². The highest BCUT2D eigenvalue weighted by atomic mass is 79.9. The first-order chi connectivity index (χ1) is 14.7. The lowest BCUT2D eigenvalue weighted by Crippen LogP contribution is -2.59. The van der Waals surface area contributed by atoms with Crippen LogP contribution >= 0.6 is 15.9 Å². The smallest absolute Gasteiger partial charge is 0.276 e. The number of amides is 2. The minimum Gasteiger partial charge on any atom is -0.504 e. The van der Waals surface area contributed by atoms with E-state index in [9.17, 15) is 14.7 Å². The van der Waals surface area contributed by atoms with Crippen LogP contribution in [0.2, 0.25) is 0 Å². The van der Waals surface area contributed by atoms with Crippen LogP contribution in [0.15, 0.2) is 53.5 Å². The molecule has 0 aliphatic carbocycles. The molecule has 1 aromatic carbocycles. The molecule has 2 amide bonds. The van der Waals surface area contributed by atoms with Gasteiger partial charge in [-0.2, -0.15) is 0 Å². The van der Waals surface area contributed by atoms with Gasteiger partial charge in [-0.1, -0.05) is 35.9 Å². The summed E-state index contributed by atoms with van der Waals surface area (Å²) >= 11 is 3.56. The van der Waals surface area contributed by atoms with E-state index in [1.54, 1.807) is 4.90 Å². The molecule has 4 N–H and O–H groups in total. The van der Waals surface area contributed by atoms with Crippen molar-refractivity contribution in [2.75, 3.05) is 5.32 Å². The van der Waals surface area contributed by atoms with Crippen molar-refractivity contribution in [2.45, 2.75) is 37.9 Å². The molecule has 0 spiro atoms. The van der Waals surface area contributed by atoms with Gasteiger partial charge in [0.05, 0.1) is 12.5 Å². The van der Waals surface area contributed by atoms with Gasteiger partial charge in [0.2, 0.25) is 5.91 Å². The number of aromatic amines is 1. The van der Waals surface area contributed by atoms with Crippen molar-refractivity contribution in [3.05, 3.63) is 64.8 Å². The van der Waals surface area contributed by atoms with Crippen LogP contribution in [0.5, 0.6) is 0 Å². The minimum atomic E-state index is -0.672. The van der Waals surface area contributed by atoms with E-state index in [2.05, 4.69) is 57.0 Å². The van der Waals surface area contributed by atoms with E-state index in [1.165, 1.54) is 12.5 Å². The Morgan fingerprint density at radius 1 is 1.42 bits per heavy atom. The SMILES string of the molecule is C=CC(C)(C)C12CC3C(=O)NC(=C(O)c4cnc[nH]4)C(=O)N3C1Nc1ccc(Br)cc12. The normalized spacial score (nSPS) is 28.4. The molecule has 0 saturated carbocycles.